The van der Waals surface area contributed by atoms with Crippen molar-refractivity contribution in [2.75, 3.05) is 13.1 Å². The number of fused-ring (bicyclic) bond motifs is 1. The molecule has 1 aromatic heterocycles. The Labute approximate surface area is 169 Å². The number of likely N-dealkylation sites (tertiary alicyclic amines) is 1. The average Bonchev–Trinajstić information content (AvgIpc) is 3.03. The van der Waals surface area contributed by atoms with Crippen molar-refractivity contribution in [2.45, 2.75) is 52.0 Å². The number of aromatic nitrogens is 1. The molecule has 1 unspecified atom stereocenters. The van der Waals surface area contributed by atoms with Crippen LogP contribution in [0, 0.1) is 13.8 Å². The fraction of sp³-hybridized carbons (Fsp3) is 0.455. The van der Waals surface area contributed by atoms with Gasteiger partial charge in [0.1, 0.15) is 11.8 Å². The molecule has 0 aliphatic carbocycles. The third-order valence-electron chi connectivity index (χ3n) is 5.92. The number of hydrogen-bond donors (Lipinski definition) is 0. The molecule has 2 aliphatic rings. The molecule has 2 aromatic rings. The normalized spacial score (nSPS) is 18.0. The van der Waals surface area contributed by atoms with Crippen molar-refractivity contribution in [3.8, 4) is 0 Å². The monoisotopic (exact) mass is 395 g/mol. The summed E-state index contributed by atoms with van der Waals surface area (Å²) in [5.74, 6) is -0.398. The SMILES string of the molecule is Cc1noc(C)c1CC(C(=O)N1CCCCCC1)N1C(=O)c2ccccc2C1=O. The Morgan fingerprint density at radius 2 is 1.62 bits per heavy atom. The van der Waals surface area contributed by atoms with Crippen LogP contribution in [0.15, 0.2) is 28.8 Å². The standard InChI is InChI=1S/C22H25N3O4/c1-14-18(15(2)29-23-14)13-19(22(28)24-11-7-3-4-8-12-24)25-20(26)16-9-5-6-10-17(16)21(25)27/h5-6,9-10,19H,3-4,7-8,11-13H2,1-2H3. The highest BCUT2D eigenvalue weighted by molar-refractivity contribution is 6.22. The molecule has 0 bridgehead atoms. The Balaban J connectivity index is 1.71. The number of carbonyl (C=O) groups is 3. The van der Waals surface area contributed by atoms with Gasteiger partial charge in [0.25, 0.3) is 11.8 Å². The van der Waals surface area contributed by atoms with Crippen molar-refractivity contribution in [2.24, 2.45) is 0 Å². The Bertz CT molecular complexity index is 902. The summed E-state index contributed by atoms with van der Waals surface area (Å²) in [6.45, 7) is 4.90. The van der Waals surface area contributed by atoms with Gasteiger partial charge >= 0.3 is 0 Å². The van der Waals surface area contributed by atoms with Gasteiger partial charge in [-0.1, -0.05) is 30.1 Å². The molecule has 152 valence electrons. The van der Waals surface area contributed by atoms with E-state index in [0.29, 0.717) is 35.7 Å². The van der Waals surface area contributed by atoms with E-state index in [0.717, 1.165) is 36.1 Å². The van der Waals surface area contributed by atoms with E-state index in [4.69, 9.17) is 4.52 Å². The lowest BCUT2D eigenvalue weighted by Gasteiger charge is -2.31. The molecule has 0 spiro atoms. The number of nitrogens with zero attached hydrogens (tertiary/aromatic N) is 3. The lowest BCUT2D eigenvalue weighted by molar-refractivity contribution is -0.135. The average molecular weight is 395 g/mol. The first-order valence-electron chi connectivity index (χ1n) is 10.2. The molecule has 4 rings (SSSR count). The number of aryl methyl sites for hydroxylation is 2. The zero-order valence-electron chi connectivity index (χ0n) is 16.8. The zero-order chi connectivity index (χ0) is 20.5. The second-order valence-electron chi connectivity index (χ2n) is 7.79. The molecule has 3 heterocycles. The minimum Gasteiger partial charge on any atom is -0.361 e. The van der Waals surface area contributed by atoms with Crippen LogP contribution < -0.4 is 0 Å². The molecule has 0 saturated carbocycles. The summed E-state index contributed by atoms with van der Waals surface area (Å²) in [4.78, 5) is 42.7. The van der Waals surface area contributed by atoms with Crippen molar-refractivity contribution in [3.63, 3.8) is 0 Å². The van der Waals surface area contributed by atoms with Gasteiger partial charge in [-0.25, -0.2) is 0 Å². The minimum atomic E-state index is -0.905. The van der Waals surface area contributed by atoms with E-state index in [9.17, 15) is 14.4 Å². The van der Waals surface area contributed by atoms with E-state index in [1.54, 1.807) is 36.1 Å². The number of carbonyl (C=O) groups excluding carboxylic acids is 3. The maximum atomic E-state index is 13.6. The van der Waals surface area contributed by atoms with E-state index in [2.05, 4.69) is 5.16 Å². The molecule has 0 N–H and O–H groups in total. The van der Waals surface area contributed by atoms with E-state index < -0.39 is 17.9 Å². The summed E-state index contributed by atoms with van der Waals surface area (Å²) in [7, 11) is 0. The fourth-order valence-electron chi connectivity index (χ4n) is 4.27. The molecule has 1 aromatic carbocycles. The van der Waals surface area contributed by atoms with Gasteiger partial charge in [-0.2, -0.15) is 0 Å². The molecule has 0 radical (unpaired) electrons. The van der Waals surface area contributed by atoms with Crippen molar-refractivity contribution < 1.29 is 18.9 Å². The molecule has 7 heteroatoms. The topological polar surface area (TPSA) is 83.7 Å². The highest BCUT2D eigenvalue weighted by Crippen LogP contribution is 2.28. The molecular formula is C22H25N3O4. The Kier molecular flexibility index (Phi) is 5.22. The molecular weight excluding hydrogens is 370 g/mol. The first-order chi connectivity index (χ1) is 14.0. The Hall–Kier alpha value is -2.96. The van der Waals surface area contributed by atoms with Crippen LogP contribution in [0.3, 0.4) is 0 Å². The largest absolute Gasteiger partial charge is 0.361 e. The van der Waals surface area contributed by atoms with Crippen LogP contribution in [0.4, 0.5) is 0 Å². The Morgan fingerprint density at radius 1 is 1.03 bits per heavy atom. The van der Waals surface area contributed by atoms with Gasteiger partial charge in [-0.15, -0.1) is 0 Å². The van der Waals surface area contributed by atoms with Gasteiger partial charge in [0.2, 0.25) is 5.91 Å². The first-order valence-corrected chi connectivity index (χ1v) is 10.2. The summed E-state index contributed by atoms with van der Waals surface area (Å²) in [5, 5.41) is 3.97. The summed E-state index contributed by atoms with van der Waals surface area (Å²) < 4.78 is 5.26. The second kappa shape index (κ2) is 7.81. The van der Waals surface area contributed by atoms with Gasteiger partial charge in [-0.3, -0.25) is 19.3 Å². The smallest absolute Gasteiger partial charge is 0.262 e. The fourth-order valence-corrected chi connectivity index (χ4v) is 4.27. The highest BCUT2D eigenvalue weighted by Gasteiger charge is 2.44. The number of imide groups is 1. The lowest BCUT2D eigenvalue weighted by Crippen LogP contribution is -2.52. The minimum absolute atomic E-state index is 0.179. The molecule has 1 atom stereocenters. The summed E-state index contributed by atoms with van der Waals surface area (Å²) in [6.07, 6.45) is 4.26. The number of benzene rings is 1. The van der Waals surface area contributed by atoms with Crippen LogP contribution in [0.2, 0.25) is 0 Å². The number of hydrogen-bond acceptors (Lipinski definition) is 5. The summed E-state index contributed by atoms with van der Waals surface area (Å²) in [6, 6.07) is 5.83. The van der Waals surface area contributed by atoms with Crippen LogP contribution >= 0.6 is 0 Å². The van der Waals surface area contributed by atoms with E-state index in [1.807, 2.05) is 6.92 Å². The number of rotatable bonds is 4. The molecule has 1 fully saturated rings. The zero-order valence-corrected chi connectivity index (χ0v) is 16.8. The van der Waals surface area contributed by atoms with Gasteiger partial charge < -0.3 is 9.42 Å². The maximum Gasteiger partial charge on any atom is 0.262 e. The Morgan fingerprint density at radius 3 is 2.14 bits per heavy atom. The van der Waals surface area contributed by atoms with Crippen molar-refractivity contribution in [3.05, 3.63) is 52.4 Å². The lowest BCUT2D eigenvalue weighted by atomic mass is 10.0. The molecule has 3 amide bonds. The third kappa shape index (κ3) is 3.45. The molecule has 2 aliphatic heterocycles. The van der Waals surface area contributed by atoms with Crippen LogP contribution in [-0.2, 0) is 11.2 Å². The van der Waals surface area contributed by atoms with E-state index >= 15 is 0 Å². The predicted octanol–water partition coefficient (Wildman–Crippen LogP) is 2.90. The van der Waals surface area contributed by atoms with Gasteiger partial charge in [-0.05, 0) is 38.8 Å². The summed E-state index contributed by atoms with van der Waals surface area (Å²) in [5.41, 5.74) is 2.15. The van der Waals surface area contributed by atoms with Crippen LogP contribution in [0.25, 0.3) is 0 Å². The van der Waals surface area contributed by atoms with Gasteiger partial charge in [0.15, 0.2) is 0 Å². The third-order valence-corrected chi connectivity index (χ3v) is 5.92. The van der Waals surface area contributed by atoms with E-state index in [-0.39, 0.29) is 12.3 Å². The van der Waals surface area contributed by atoms with Gasteiger partial charge in [0, 0.05) is 25.1 Å². The second-order valence-corrected chi connectivity index (χ2v) is 7.79. The van der Waals surface area contributed by atoms with Crippen molar-refractivity contribution in [1.29, 1.82) is 0 Å². The molecule has 7 nitrogen and oxygen atoms in total. The first kappa shape index (κ1) is 19.4. The van der Waals surface area contributed by atoms with Crippen molar-refractivity contribution >= 4 is 17.7 Å². The van der Waals surface area contributed by atoms with Crippen molar-refractivity contribution in [1.82, 2.24) is 15.0 Å². The molecule has 1 saturated heterocycles. The molecule has 29 heavy (non-hydrogen) atoms. The van der Waals surface area contributed by atoms with Gasteiger partial charge in [0.05, 0.1) is 16.8 Å². The maximum absolute atomic E-state index is 13.6. The van der Waals surface area contributed by atoms with Crippen LogP contribution in [-0.4, -0.2) is 51.8 Å². The predicted molar refractivity (Wildman–Crippen MR) is 105 cm³/mol. The van der Waals surface area contributed by atoms with E-state index in [1.165, 1.54) is 0 Å². The van der Waals surface area contributed by atoms with Crippen LogP contribution in [0.1, 0.15) is 63.4 Å². The van der Waals surface area contributed by atoms with Crippen LogP contribution in [0.5, 0.6) is 0 Å². The quantitative estimate of drug-likeness (QED) is 0.744. The number of amides is 3. The summed E-state index contributed by atoms with van der Waals surface area (Å²) >= 11 is 0. The highest BCUT2D eigenvalue weighted by atomic mass is 16.5.